The molecule has 0 saturated carbocycles. The molecule has 0 aliphatic carbocycles. The van der Waals surface area contributed by atoms with Crippen molar-refractivity contribution in [2.45, 2.75) is 0 Å². The van der Waals surface area contributed by atoms with Crippen LogP contribution in [0.25, 0.3) is 0 Å². The summed E-state index contributed by atoms with van der Waals surface area (Å²) < 4.78 is 0. The number of hydrogen-bond donors (Lipinski definition) is 2. The Morgan fingerprint density at radius 1 is 1.00 bits per heavy atom. The molecule has 23 heavy (non-hydrogen) atoms. The minimum atomic E-state index is -0.754. The highest BCUT2D eigenvalue weighted by molar-refractivity contribution is 6.41. The van der Waals surface area contributed by atoms with E-state index >= 15 is 0 Å². The summed E-state index contributed by atoms with van der Waals surface area (Å²) >= 11 is 23.4. The molecule has 0 aliphatic rings. The maximum atomic E-state index is 12.1. The SMILES string of the molecule is O=C(NNc1c(Cl)cc(Cl)cc1Cl)c1ccc(Cl)cc1[N+](=O)[O-]. The van der Waals surface area contributed by atoms with Crippen LogP contribution in [0.4, 0.5) is 11.4 Å². The highest BCUT2D eigenvalue weighted by atomic mass is 35.5. The van der Waals surface area contributed by atoms with Crippen molar-refractivity contribution in [1.29, 1.82) is 0 Å². The average molecular weight is 395 g/mol. The molecule has 2 N–H and O–H groups in total. The molecular weight excluding hydrogens is 388 g/mol. The Morgan fingerprint density at radius 2 is 1.61 bits per heavy atom. The maximum Gasteiger partial charge on any atom is 0.283 e. The van der Waals surface area contributed by atoms with Crippen molar-refractivity contribution in [2.24, 2.45) is 0 Å². The van der Waals surface area contributed by atoms with Crippen LogP contribution in [0.15, 0.2) is 30.3 Å². The average Bonchev–Trinajstić information content (AvgIpc) is 2.45. The first kappa shape index (κ1) is 17.6. The Kier molecular flexibility index (Phi) is 5.54. The van der Waals surface area contributed by atoms with Crippen molar-refractivity contribution in [3.8, 4) is 0 Å². The maximum absolute atomic E-state index is 12.1. The fourth-order valence-electron chi connectivity index (χ4n) is 1.70. The molecule has 0 atom stereocenters. The van der Waals surface area contributed by atoms with Crippen molar-refractivity contribution in [2.75, 3.05) is 5.43 Å². The minimum absolute atomic E-state index is 0.144. The zero-order chi connectivity index (χ0) is 17.1. The number of amides is 1. The predicted molar refractivity (Wildman–Crippen MR) is 90.7 cm³/mol. The summed E-state index contributed by atoms with van der Waals surface area (Å²) in [6.45, 7) is 0. The van der Waals surface area contributed by atoms with E-state index in [1.807, 2.05) is 0 Å². The third kappa shape index (κ3) is 4.17. The summed E-state index contributed by atoms with van der Waals surface area (Å²) in [5, 5.41) is 11.8. The van der Waals surface area contributed by atoms with Crippen LogP contribution in [0.2, 0.25) is 20.1 Å². The second-order valence-corrected chi connectivity index (χ2v) is 5.93. The van der Waals surface area contributed by atoms with Crippen molar-refractivity contribution >= 4 is 63.7 Å². The standard InChI is InChI=1S/C13H7Cl4N3O3/c14-6-1-2-8(11(5-6)20(22)23)13(21)19-18-12-9(16)3-7(15)4-10(12)17/h1-5,18H,(H,19,21). The van der Waals surface area contributed by atoms with E-state index in [0.29, 0.717) is 5.02 Å². The van der Waals surface area contributed by atoms with Gasteiger partial charge in [0.05, 0.1) is 20.7 Å². The lowest BCUT2D eigenvalue weighted by Crippen LogP contribution is -2.30. The molecule has 1 amide bonds. The molecule has 0 bridgehead atoms. The van der Waals surface area contributed by atoms with Gasteiger partial charge >= 0.3 is 0 Å². The van der Waals surface area contributed by atoms with Gasteiger partial charge in [-0.1, -0.05) is 46.4 Å². The molecule has 2 rings (SSSR count). The third-order valence-corrected chi connectivity index (χ3v) is 3.76. The molecule has 0 heterocycles. The molecule has 6 nitrogen and oxygen atoms in total. The molecule has 0 fully saturated rings. The quantitative estimate of drug-likeness (QED) is 0.566. The van der Waals surface area contributed by atoms with Crippen LogP contribution in [0, 0.1) is 10.1 Å². The molecule has 0 spiro atoms. The Labute approximate surface area is 150 Å². The molecule has 10 heteroatoms. The van der Waals surface area contributed by atoms with E-state index < -0.39 is 16.5 Å². The highest BCUT2D eigenvalue weighted by Gasteiger charge is 2.21. The van der Waals surface area contributed by atoms with Crippen LogP contribution in [-0.4, -0.2) is 10.8 Å². The molecular formula is C13H7Cl4N3O3. The van der Waals surface area contributed by atoms with Gasteiger partial charge < -0.3 is 0 Å². The van der Waals surface area contributed by atoms with Gasteiger partial charge in [0.25, 0.3) is 11.6 Å². The summed E-state index contributed by atoms with van der Waals surface area (Å²) in [4.78, 5) is 22.4. The normalized spacial score (nSPS) is 10.3. The second kappa shape index (κ2) is 7.23. The van der Waals surface area contributed by atoms with Gasteiger partial charge in [-0.05, 0) is 24.3 Å². The smallest absolute Gasteiger partial charge is 0.283 e. The van der Waals surface area contributed by atoms with Gasteiger partial charge in [-0.2, -0.15) is 0 Å². The van der Waals surface area contributed by atoms with Gasteiger partial charge in [-0.25, -0.2) is 0 Å². The molecule has 120 valence electrons. The molecule has 0 aromatic heterocycles. The number of nitrogens with one attached hydrogen (secondary N) is 2. The minimum Gasteiger partial charge on any atom is -0.295 e. The number of carbonyl (C=O) groups excluding carboxylic acids is 1. The number of rotatable bonds is 4. The fraction of sp³-hybridized carbons (Fsp3) is 0. The van der Waals surface area contributed by atoms with E-state index in [2.05, 4.69) is 10.9 Å². The lowest BCUT2D eigenvalue weighted by molar-refractivity contribution is -0.385. The number of carbonyl (C=O) groups is 1. The summed E-state index contributed by atoms with van der Waals surface area (Å²) in [5.74, 6) is -0.754. The monoisotopic (exact) mass is 393 g/mol. The lowest BCUT2D eigenvalue weighted by Gasteiger charge is -2.12. The van der Waals surface area contributed by atoms with Gasteiger partial charge in [0.2, 0.25) is 0 Å². The fourth-order valence-corrected chi connectivity index (χ4v) is 2.77. The van der Waals surface area contributed by atoms with E-state index in [0.717, 1.165) is 6.07 Å². The van der Waals surface area contributed by atoms with Gasteiger partial charge in [0, 0.05) is 16.1 Å². The largest absolute Gasteiger partial charge is 0.295 e. The van der Waals surface area contributed by atoms with E-state index in [1.54, 1.807) is 0 Å². The Morgan fingerprint density at radius 3 is 2.17 bits per heavy atom. The van der Waals surface area contributed by atoms with Crippen LogP contribution in [0.5, 0.6) is 0 Å². The number of halogens is 4. The van der Waals surface area contributed by atoms with Crippen LogP contribution in [0.1, 0.15) is 10.4 Å². The van der Waals surface area contributed by atoms with E-state index in [9.17, 15) is 14.9 Å². The third-order valence-electron chi connectivity index (χ3n) is 2.71. The molecule has 0 radical (unpaired) electrons. The van der Waals surface area contributed by atoms with E-state index in [1.165, 1.54) is 24.3 Å². The number of nitrogens with zero attached hydrogens (tertiary/aromatic N) is 1. The number of benzene rings is 2. The van der Waals surface area contributed by atoms with Crippen molar-refractivity contribution in [3.05, 3.63) is 66.1 Å². The Bertz CT molecular complexity index is 775. The van der Waals surface area contributed by atoms with Gasteiger partial charge in [0.1, 0.15) is 5.56 Å². The van der Waals surface area contributed by atoms with Crippen LogP contribution in [-0.2, 0) is 0 Å². The van der Waals surface area contributed by atoms with E-state index in [4.69, 9.17) is 46.4 Å². The zero-order valence-electron chi connectivity index (χ0n) is 11.1. The summed E-state index contributed by atoms with van der Waals surface area (Å²) in [7, 11) is 0. The van der Waals surface area contributed by atoms with Crippen molar-refractivity contribution in [1.82, 2.24) is 5.43 Å². The zero-order valence-corrected chi connectivity index (χ0v) is 14.1. The van der Waals surface area contributed by atoms with Crippen LogP contribution < -0.4 is 10.9 Å². The Balaban J connectivity index is 2.23. The van der Waals surface area contributed by atoms with Gasteiger partial charge in [-0.15, -0.1) is 0 Å². The molecule has 0 unspecified atom stereocenters. The summed E-state index contributed by atoms with van der Waals surface area (Å²) in [6.07, 6.45) is 0. The first-order valence-corrected chi connectivity index (χ1v) is 7.45. The van der Waals surface area contributed by atoms with Crippen LogP contribution >= 0.6 is 46.4 Å². The molecule has 0 saturated heterocycles. The van der Waals surface area contributed by atoms with Gasteiger partial charge in [-0.3, -0.25) is 25.8 Å². The van der Waals surface area contributed by atoms with Gasteiger partial charge in [0.15, 0.2) is 0 Å². The number of anilines is 1. The first-order valence-electron chi connectivity index (χ1n) is 5.94. The summed E-state index contributed by atoms with van der Waals surface area (Å²) in [6, 6.07) is 6.54. The topological polar surface area (TPSA) is 84.3 Å². The van der Waals surface area contributed by atoms with Crippen molar-refractivity contribution in [3.63, 3.8) is 0 Å². The molecule has 2 aromatic carbocycles. The Hall–Kier alpha value is -1.73. The first-order chi connectivity index (χ1) is 10.8. The van der Waals surface area contributed by atoms with Crippen LogP contribution in [0.3, 0.4) is 0 Å². The predicted octanol–water partition coefficient (Wildman–Crippen LogP) is 4.97. The molecule has 0 aliphatic heterocycles. The lowest BCUT2D eigenvalue weighted by atomic mass is 10.1. The number of nitro groups is 1. The molecule has 2 aromatic rings. The number of hydrazine groups is 1. The van der Waals surface area contributed by atoms with E-state index in [-0.39, 0.29) is 26.3 Å². The summed E-state index contributed by atoms with van der Waals surface area (Å²) in [5.41, 5.74) is 4.40. The number of nitro benzene ring substituents is 1. The number of hydrogen-bond acceptors (Lipinski definition) is 4. The second-order valence-electron chi connectivity index (χ2n) is 4.24. The van der Waals surface area contributed by atoms with Crippen molar-refractivity contribution < 1.29 is 9.72 Å². The highest BCUT2D eigenvalue weighted by Crippen LogP contribution is 2.33.